The molecule has 1 fully saturated rings. The molecule has 4 aromatic rings. The molecule has 1 aliphatic rings. The summed E-state index contributed by atoms with van der Waals surface area (Å²) in [4.78, 5) is 25.6. The number of nitrogens with zero attached hydrogens (tertiary/aromatic N) is 1. The topological polar surface area (TPSA) is 59.3 Å². The van der Waals surface area contributed by atoms with Gasteiger partial charge in [0.15, 0.2) is 0 Å². The van der Waals surface area contributed by atoms with Gasteiger partial charge in [-0.05, 0) is 54.2 Å². The highest BCUT2D eigenvalue weighted by Gasteiger charge is 2.29. The Hall–Kier alpha value is -3.66. The summed E-state index contributed by atoms with van der Waals surface area (Å²) < 4.78 is 1.75. The number of carbonyl (C=O) groups excluding carboxylic acids is 1. The van der Waals surface area contributed by atoms with E-state index in [1.807, 2.05) is 66.7 Å². The van der Waals surface area contributed by atoms with Gasteiger partial charge in [-0.1, -0.05) is 73.9 Å². The van der Waals surface area contributed by atoms with Gasteiger partial charge in [-0.25, -0.2) is 4.79 Å². The summed E-state index contributed by atoms with van der Waals surface area (Å²) >= 11 is 0. The molecule has 0 bridgehead atoms. The molecule has 3 aromatic carbocycles. The number of hydrogen-bond donors (Lipinski definition) is 1. The molecule has 1 saturated carbocycles. The summed E-state index contributed by atoms with van der Waals surface area (Å²) in [6, 6.07) is 24.4. The molecule has 1 aromatic heterocycles. The lowest BCUT2D eigenvalue weighted by atomic mass is 9.82. The molecule has 160 valence electrons. The maximum absolute atomic E-state index is 13.8. The van der Waals surface area contributed by atoms with Crippen LogP contribution in [0.1, 0.15) is 64.3 Å². The van der Waals surface area contributed by atoms with Gasteiger partial charge in [0, 0.05) is 10.9 Å². The number of aromatic nitrogens is 1. The van der Waals surface area contributed by atoms with Crippen LogP contribution in [0, 0.1) is 0 Å². The highest BCUT2D eigenvalue weighted by atomic mass is 16.4. The van der Waals surface area contributed by atoms with Crippen molar-refractivity contribution in [2.24, 2.45) is 0 Å². The monoisotopic (exact) mass is 423 g/mol. The van der Waals surface area contributed by atoms with E-state index in [0.717, 1.165) is 29.5 Å². The second-order valence-electron chi connectivity index (χ2n) is 8.51. The average molecular weight is 424 g/mol. The van der Waals surface area contributed by atoms with Crippen molar-refractivity contribution in [2.75, 3.05) is 0 Å². The van der Waals surface area contributed by atoms with E-state index in [4.69, 9.17) is 0 Å². The molecule has 0 unspecified atom stereocenters. The van der Waals surface area contributed by atoms with E-state index in [9.17, 15) is 14.7 Å². The van der Waals surface area contributed by atoms with E-state index in [1.54, 1.807) is 16.7 Å². The van der Waals surface area contributed by atoms with Crippen molar-refractivity contribution in [2.45, 2.75) is 38.0 Å². The van der Waals surface area contributed by atoms with E-state index in [2.05, 4.69) is 0 Å². The van der Waals surface area contributed by atoms with Gasteiger partial charge in [-0.2, -0.15) is 0 Å². The number of hydrogen-bond acceptors (Lipinski definition) is 2. The Labute approximate surface area is 187 Å². The first-order valence-corrected chi connectivity index (χ1v) is 11.2. The molecule has 0 spiro atoms. The number of fused-ring (bicyclic) bond motifs is 1. The summed E-state index contributed by atoms with van der Waals surface area (Å²) in [5, 5.41) is 10.6. The number of aromatic carboxylic acids is 1. The van der Waals surface area contributed by atoms with Gasteiger partial charge in [-0.3, -0.25) is 9.36 Å². The molecule has 0 radical (unpaired) electrons. The van der Waals surface area contributed by atoms with E-state index < -0.39 is 5.97 Å². The Morgan fingerprint density at radius 1 is 0.781 bits per heavy atom. The molecule has 0 amide bonds. The minimum Gasteiger partial charge on any atom is -0.478 e. The smallest absolute Gasteiger partial charge is 0.335 e. The van der Waals surface area contributed by atoms with Crippen LogP contribution in [0.3, 0.4) is 0 Å². The van der Waals surface area contributed by atoms with Gasteiger partial charge in [0.1, 0.15) is 0 Å². The number of carboxylic acids is 1. The molecule has 0 atom stereocenters. The van der Waals surface area contributed by atoms with E-state index in [1.165, 1.54) is 24.8 Å². The highest BCUT2D eigenvalue weighted by molar-refractivity contribution is 6.09. The van der Waals surface area contributed by atoms with Crippen LogP contribution in [0.25, 0.3) is 22.2 Å². The maximum atomic E-state index is 13.8. The summed E-state index contributed by atoms with van der Waals surface area (Å²) in [7, 11) is 0. The normalized spacial score (nSPS) is 14.5. The van der Waals surface area contributed by atoms with Gasteiger partial charge >= 0.3 is 5.97 Å². The first-order valence-electron chi connectivity index (χ1n) is 11.2. The van der Waals surface area contributed by atoms with Gasteiger partial charge in [0.05, 0.1) is 16.8 Å². The third-order valence-corrected chi connectivity index (χ3v) is 6.54. The summed E-state index contributed by atoms with van der Waals surface area (Å²) in [5.74, 6) is -0.784. The lowest BCUT2D eigenvalue weighted by molar-refractivity contribution is 0.0696. The fourth-order valence-electron chi connectivity index (χ4n) is 5.05. The molecule has 1 N–H and O–H groups in total. The molecule has 1 heterocycles. The molecular formula is C28H25NO3. The molecule has 32 heavy (non-hydrogen) atoms. The van der Waals surface area contributed by atoms with Gasteiger partial charge < -0.3 is 5.11 Å². The zero-order valence-corrected chi connectivity index (χ0v) is 17.8. The quantitative estimate of drug-likeness (QED) is 0.395. The van der Waals surface area contributed by atoms with Gasteiger partial charge in [0.2, 0.25) is 0 Å². The van der Waals surface area contributed by atoms with E-state index in [0.29, 0.717) is 17.0 Å². The molecular weight excluding hydrogens is 398 g/mol. The number of rotatable bonds is 4. The zero-order chi connectivity index (χ0) is 22.1. The Morgan fingerprint density at radius 2 is 1.44 bits per heavy atom. The molecule has 1 aliphatic carbocycles. The van der Waals surface area contributed by atoms with Crippen molar-refractivity contribution < 1.29 is 14.7 Å². The number of carbonyl (C=O) groups is 2. The summed E-state index contributed by atoms with van der Waals surface area (Å²) in [6.45, 7) is 0. The molecule has 4 nitrogen and oxygen atoms in total. The minimum absolute atomic E-state index is 0.140. The van der Waals surface area contributed by atoms with Crippen LogP contribution >= 0.6 is 0 Å². The Bertz CT molecular complexity index is 1280. The van der Waals surface area contributed by atoms with Crippen molar-refractivity contribution in [3.63, 3.8) is 0 Å². The van der Waals surface area contributed by atoms with Crippen molar-refractivity contribution in [1.82, 2.24) is 4.57 Å². The molecule has 0 aliphatic heterocycles. The predicted octanol–water partition coefficient (Wildman–Crippen LogP) is 6.74. The molecule has 4 heteroatoms. The van der Waals surface area contributed by atoms with Gasteiger partial charge in [-0.15, -0.1) is 0 Å². The maximum Gasteiger partial charge on any atom is 0.335 e. The first kappa shape index (κ1) is 20.3. The number of carboxylic acid groups (broad SMARTS) is 1. The van der Waals surface area contributed by atoms with Crippen molar-refractivity contribution >= 4 is 22.8 Å². The second kappa shape index (κ2) is 8.46. The Kier molecular flexibility index (Phi) is 5.36. The lowest BCUT2D eigenvalue weighted by Gasteiger charge is -2.23. The van der Waals surface area contributed by atoms with Gasteiger partial charge in [0.25, 0.3) is 5.91 Å². The molecule has 0 saturated heterocycles. The lowest BCUT2D eigenvalue weighted by Crippen LogP contribution is -2.14. The van der Waals surface area contributed by atoms with Crippen LogP contribution in [0.15, 0.2) is 78.9 Å². The minimum atomic E-state index is -0.993. The summed E-state index contributed by atoms with van der Waals surface area (Å²) in [6.07, 6.45) is 5.75. The van der Waals surface area contributed by atoms with Crippen molar-refractivity contribution in [3.8, 4) is 11.3 Å². The number of benzene rings is 3. The van der Waals surface area contributed by atoms with Crippen LogP contribution < -0.4 is 0 Å². The van der Waals surface area contributed by atoms with E-state index >= 15 is 0 Å². The van der Waals surface area contributed by atoms with Crippen LogP contribution in [0.2, 0.25) is 0 Å². The van der Waals surface area contributed by atoms with Crippen LogP contribution in [-0.2, 0) is 0 Å². The zero-order valence-electron chi connectivity index (χ0n) is 17.8. The third kappa shape index (κ3) is 3.52. The highest BCUT2D eigenvalue weighted by Crippen LogP contribution is 2.44. The fraction of sp³-hybridized carbons (Fsp3) is 0.214. The fourth-order valence-corrected chi connectivity index (χ4v) is 5.05. The van der Waals surface area contributed by atoms with Crippen molar-refractivity contribution in [1.29, 1.82) is 0 Å². The van der Waals surface area contributed by atoms with E-state index in [-0.39, 0.29) is 11.5 Å². The average Bonchev–Trinajstić information content (AvgIpc) is 3.19. The van der Waals surface area contributed by atoms with Crippen LogP contribution in [0.5, 0.6) is 0 Å². The van der Waals surface area contributed by atoms with Crippen LogP contribution in [-0.4, -0.2) is 21.6 Å². The van der Waals surface area contributed by atoms with Crippen LogP contribution in [0.4, 0.5) is 0 Å². The first-order chi connectivity index (χ1) is 15.6. The summed E-state index contributed by atoms with van der Waals surface area (Å²) in [5.41, 5.74) is 4.48. The molecule has 5 rings (SSSR count). The third-order valence-electron chi connectivity index (χ3n) is 6.54. The van der Waals surface area contributed by atoms with Crippen molar-refractivity contribution in [3.05, 3.63) is 95.6 Å². The SMILES string of the molecule is O=C(O)c1ccc2c(C3CCCCC3)c(-c3ccccc3)n(C(=O)c3ccccc3)c2c1. The Morgan fingerprint density at radius 3 is 2.09 bits per heavy atom. The predicted molar refractivity (Wildman–Crippen MR) is 126 cm³/mol. The standard InChI is InChI=1S/C28H25NO3/c30-27(21-14-8-3-9-15-21)29-24-18-22(28(31)32)16-17-23(24)25(19-10-4-1-5-11-19)26(29)20-12-6-2-7-13-20/h2-3,6-9,12-19H,1,4-5,10-11H2,(H,31,32). The Balaban J connectivity index is 1.87. The second-order valence-corrected chi connectivity index (χ2v) is 8.51. The largest absolute Gasteiger partial charge is 0.478 e.